The summed E-state index contributed by atoms with van der Waals surface area (Å²) in [6, 6.07) is 17.7. The van der Waals surface area contributed by atoms with Crippen molar-refractivity contribution in [2.45, 2.75) is 34.0 Å². The summed E-state index contributed by atoms with van der Waals surface area (Å²) in [7, 11) is -0.488. The summed E-state index contributed by atoms with van der Waals surface area (Å²) in [5, 5.41) is 2.75. The highest BCUT2D eigenvalue weighted by Gasteiger charge is 2.20. The zero-order valence-electron chi connectivity index (χ0n) is 14.6. The molecule has 0 amide bonds. The van der Waals surface area contributed by atoms with Gasteiger partial charge in [-0.25, -0.2) is 0 Å². The average molecular weight is 330 g/mol. The molecule has 2 aromatic carbocycles. The standard InChI is InChI=1S/C20H27O2P/c1-5-21-20(22-6-2)15-23(18-11-7-16(3)8-12-18)19-13-9-17(4)10-14-19/h7-14,20H,5-6,15H2,1-4H3. The summed E-state index contributed by atoms with van der Waals surface area (Å²) >= 11 is 0. The Hall–Kier alpha value is -1.21. The summed E-state index contributed by atoms with van der Waals surface area (Å²) in [6.07, 6.45) is 0.752. The van der Waals surface area contributed by atoms with Gasteiger partial charge < -0.3 is 9.47 Å². The molecule has 0 unspecified atom stereocenters. The Morgan fingerprint density at radius 1 is 0.739 bits per heavy atom. The van der Waals surface area contributed by atoms with E-state index in [1.54, 1.807) is 0 Å². The molecule has 0 saturated heterocycles. The van der Waals surface area contributed by atoms with E-state index in [1.165, 1.54) is 21.7 Å². The first kappa shape index (κ1) is 18.1. The van der Waals surface area contributed by atoms with Gasteiger partial charge in [-0.2, -0.15) is 0 Å². The third-order valence-electron chi connectivity index (χ3n) is 3.73. The Kier molecular flexibility index (Phi) is 7.23. The smallest absolute Gasteiger partial charge is 0.162 e. The van der Waals surface area contributed by atoms with Gasteiger partial charge in [0.15, 0.2) is 6.29 Å². The maximum atomic E-state index is 5.80. The zero-order valence-corrected chi connectivity index (χ0v) is 15.5. The number of rotatable bonds is 8. The van der Waals surface area contributed by atoms with Crippen LogP contribution in [0.3, 0.4) is 0 Å². The number of aryl methyl sites for hydroxylation is 2. The van der Waals surface area contributed by atoms with E-state index in [2.05, 4.69) is 62.4 Å². The van der Waals surface area contributed by atoms with Gasteiger partial charge in [-0.1, -0.05) is 59.7 Å². The maximum Gasteiger partial charge on any atom is 0.162 e. The van der Waals surface area contributed by atoms with Crippen LogP contribution in [0.4, 0.5) is 0 Å². The van der Waals surface area contributed by atoms with Crippen LogP contribution >= 0.6 is 7.92 Å². The van der Waals surface area contributed by atoms with Gasteiger partial charge in [0, 0.05) is 19.4 Å². The molecule has 0 saturated carbocycles. The molecule has 0 spiro atoms. The maximum absolute atomic E-state index is 5.80. The summed E-state index contributed by atoms with van der Waals surface area (Å²) in [4.78, 5) is 0. The van der Waals surface area contributed by atoms with E-state index in [0.29, 0.717) is 13.2 Å². The first-order valence-corrected chi connectivity index (χ1v) is 9.80. The lowest BCUT2D eigenvalue weighted by atomic mass is 10.2. The van der Waals surface area contributed by atoms with Gasteiger partial charge in [-0.15, -0.1) is 0 Å². The van der Waals surface area contributed by atoms with Crippen molar-refractivity contribution in [1.82, 2.24) is 0 Å². The van der Waals surface area contributed by atoms with E-state index in [1.807, 2.05) is 13.8 Å². The molecule has 2 rings (SSSR count). The van der Waals surface area contributed by atoms with Gasteiger partial charge in [0.1, 0.15) is 0 Å². The van der Waals surface area contributed by atoms with Gasteiger partial charge in [-0.3, -0.25) is 0 Å². The molecule has 0 aliphatic carbocycles. The van der Waals surface area contributed by atoms with Crippen molar-refractivity contribution in [1.29, 1.82) is 0 Å². The lowest BCUT2D eigenvalue weighted by Gasteiger charge is -2.25. The summed E-state index contributed by atoms with van der Waals surface area (Å²) in [5.41, 5.74) is 2.58. The Labute approximate surface area is 141 Å². The molecule has 0 aliphatic rings. The van der Waals surface area contributed by atoms with Crippen LogP contribution in [0, 0.1) is 13.8 Å². The second kappa shape index (κ2) is 9.17. The average Bonchev–Trinajstić information content (AvgIpc) is 2.55. The van der Waals surface area contributed by atoms with Crippen LogP contribution in [0.2, 0.25) is 0 Å². The molecule has 0 atom stereocenters. The van der Waals surface area contributed by atoms with Crippen LogP contribution in [0.1, 0.15) is 25.0 Å². The van der Waals surface area contributed by atoms with E-state index < -0.39 is 7.92 Å². The monoisotopic (exact) mass is 330 g/mol. The molecule has 0 aliphatic heterocycles. The van der Waals surface area contributed by atoms with Gasteiger partial charge in [0.25, 0.3) is 0 Å². The van der Waals surface area contributed by atoms with E-state index in [4.69, 9.17) is 9.47 Å². The quantitative estimate of drug-likeness (QED) is 0.535. The minimum absolute atomic E-state index is 0.140. The van der Waals surface area contributed by atoms with Crippen LogP contribution in [-0.4, -0.2) is 25.7 Å². The summed E-state index contributed by atoms with van der Waals surface area (Å²) < 4.78 is 11.6. The van der Waals surface area contributed by atoms with Gasteiger partial charge in [-0.05, 0) is 46.2 Å². The third-order valence-corrected chi connectivity index (χ3v) is 6.23. The topological polar surface area (TPSA) is 18.5 Å². The molecule has 2 aromatic rings. The fourth-order valence-electron chi connectivity index (χ4n) is 2.48. The molecule has 3 heteroatoms. The van der Waals surface area contributed by atoms with E-state index in [-0.39, 0.29) is 6.29 Å². The minimum Gasteiger partial charge on any atom is -0.353 e. The van der Waals surface area contributed by atoms with Crippen molar-refractivity contribution in [2.75, 3.05) is 19.4 Å². The lowest BCUT2D eigenvalue weighted by molar-refractivity contribution is -0.120. The molecule has 124 valence electrons. The second-order valence-electron chi connectivity index (χ2n) is 5.62. The molecule has 0 aromatic heterocycles. The van der Waals surface area contributed by atoms with Crippen LogP contribution < -0.4 is 10.6 Å². The van der Waals surface area contributed by atoms with E-state index in [0.717, 1.165) is 6.16 Å². The molecule has 2 nitrogen and oxygen atoms in total. The molecule has 23 heavy (non-hydrogen) atoms. The van der Waals surface area contributed by atoms with Gasteiger partial charge in [0.05, 0.1) is 0 Å². The Balaban J connectivity index is 2.30. The van der Waals surface area contributed by atoms with Crippen LogP contribution in [0.25, 0.3) is 0 Å². The summed E-state index contributed by atoms with van der Waals surface area (Å²) in [6.45, 7) is 9.64. The van der Waals surface area contributed by atoms with Crippen molar-refractivity contribution in [3.8, 4) is 0 Å². The predicted molar refractivity (Wildman–Crippen MR) is 100 cm³/mol. The molecule has 0 bridgehead atoms. The van der Waals surface area contributed by atoms with E-state index in [9.17, 15) is 0 Å². The Morgan fingerprint density at radius 3 is 1.48 bits per heavy atom. The zero-order chi connectivity index (χ0) is 16.7. The molecular weight excluding hydrogens is 303 g/mol. The number of ether oxygens (including phenoxy) is 2. The SMILES string of the molecule is CCOC(CP(c1ccc(C)cc1)c1ccc(C)cc1)OCC. The minimum atomic E-state index is -0.488. The van der Waals surface area contributed by atoms with Crippen LogP contribution in [0.5, 0.6) is 0 Å². The Morgan fingerprint density at radius 2 is 1.13 bits per heavy atom. The first-order valence-electron chi connectivity index (χ1n) is 8.28. The van der Waals surface area contributed by atoms with Crippen molar-refractivity contribution in [2.24, 2.45) is 0 Å². The van der Waals surface area contributed by atoms with Gasteiger partial charge in [0.2, 0.25) is 0 Å². The van der Waals surface area contributed by atoms with Crippen molar-refractivity contribution in [3.63, 3.8) is 0 Å². The predicted octanol–water partition coefficient (Wildman–Crippen LogP) is 4.14. The molecule has 0 fully saturated rings. The Bertz CT molecular complexity index is 526. The molecular formula is C20H27O2P. The van der Waals surface area contributed by atoms with Crippen molar-refractivity contribution in [3.05, 3.63) is 59.7 Å². The van der Waals surface area contributed by atoms with Gasteiger partial charge >= 0.3 is 0 Å². The highest BCUT2D eigenvalue weighted by Crippen LogP contribution is 2.35. The highest BCUT2D eigenvalue weighted by atomic mass is 31.1. The second-order valence-corrected chi connectivity index (χ2v) is 7.88. The lowest BCUT2D eigenvalue weighted by Crippen LogP contribution is -2.26. The number of hydrogen-bond donors (Lipinski definition) is 0. The molecule has 0 radical (unpaired) electrons. The third kappa shape index (κ3) is 5.42. The number of hydrogen-bond acceptors (Lipinski definition) is 2. The van der Waals surface area contributed by atoms with Crippen molar-refractivity contribution >= 4 is 18.5 Å². The fraction of sp³-hybridized carbons (Fsp3) is 0.400. The highest BCUT2D eigenvalue weighted by molar-refractivity contribution is 7.73. The first-order chi connectivity index (χ1) is 11.1. The van der Waals surface area contributed by atoms with Crippen molar-refractivity contribution < 1.29 is 9.47 Å². The normalized spacial score (nSPS) is 11.4. The number of benzene rings is 2. The summed E-state index contributed by atoms with van der Waals surface area (Å²) in [5.74, 6) is 0. The largest absolute Gasteiger partial charge is 0.353 e. The van der Waals surface area contributed by atoms with Crippen LogP contribution in [-0.2, 0) is 9.47 Å². The molecule has 0 N–H and O–H groups in total. The fourth-order valence-corrected chi connectivity index (χ4v) is 4.73. The van der Waals surface area contributed by atoms with E-state index >= 15 is 0 Å². The molecule has 0 heterocycles. The van der Waals surface area contributed by atoms with Crippen LogP contribution in [0.15, 0.2) is 48.5 Å².